The normalized spacial score (nSPS) is 24.5. The fourth-order valence-corrected chi connectivity index (χ4v) is 4.40. The van der Waals surface area contributed by atoms with Gasteiger partial charge >= 0.3 is 0 Å². The zero-order valence-electron chi connectivity index (χ0n) is 14.4. The molecule has 120 valence electrons. The molecule has 1 aromatic heterocycles. The van der Waals surface area contributed by atoms with Gasteiger partial charge in [-0.25, -0.2) is 0 Å². The van der Waals surface area contributed by atoms with Crippen molar-refractivity contribution in [3.05, 3.63) is 41.1 Å². The van der Waals surface area contributed by atoms with Crippen LogP contribution in [0.5, 0.6) is 5.75 Å². The van der Waals surface area contributed by atoms with E-state index >= 15 is 0 Å². The van der Waals surface area contributed by atoms with Crippen LogP contribution in [0.25, 0.3) is 16.5 Å². The summed E-state index contributed by atoms with van der Waals surface area (Å²) in [6, 6.07) is 9.99. The first kappa shape index (κ1) is 14.7. The molecule has 1 fully saturated rings. The Bertz CT molecular complexity index is 809. The van der Waals surface area contributed by atoms with Crippen molar-refractivity contribution < 1.29 is 4.74 Å². The Morgan fingerprint density at radius 3 is 2.78 bits per heavy atom. The molecule has 3 heterocycles. The van der Waals surface area contributed by atoms with Gasteiger partial charge in [0.1, 0.15) is 5.75 Å². The summed E-state index contributed by atoms with van der Waals surface area (Å²) in [4.78, 5) is 7.20. The van der Waals surface area contributed by atoms with Crippen molar-refractivity contribution in [3.63, 3.8) is 0 Å². The minimum Gasteiger partial charge on any atom is -0.496 e. The predicted octanol–water partition coefficient (Wildman–Crippen LogP) is 4.19. The van der Waals surface area contributed by atoms with Crippen LogP contribution >= 0.6 is 0 Å². The molecule has 0 spiro atoms. The molecule has 23 heavy (non-hydrogen) atoms. The highest BCUT2D eigenvalue weighted by molar-refractivity contribution is 5.89. The zero-order valence-corrected chi connectivity index (χ0v) is 14.4. The van der Waals surface area contributed by atoms with Crippen LogP contribution in [0, 0.1) is 6.92 Å². The molecule has 0 amide bonds. The number of likely N-dealkylation sites (N-methyl/N-ethyl adjacent to an activating group) is 1. The van der Waals surface area contributed by atoms with Crippen LogP contribution in [0.3, 0.4) is 0 Å². The summed E-state index contributed by atoms with van der Waals surface area (Å²) in [6.45, 7) is 4.32. The van der Waals surface area contributed by atoms with E-state index < -0.39 is 0 Å². The molecule has 2 atom stereocenters. The summed E-state index contributed by atoms with van der Waals surface area (Å²) in [5.74, 6) is 0.920. The van der Waals surface area contributed by atoms with Gasteiger partial charge in [0.15, 0.2) is 0 Å². The first-order valence-corrected chi connectivity index (χ1v) is 8.46. The smallest absolute Gasteiger partial charge is 0.130 e. The predicted molar refractivity (Wildman–Crippen MR) is 94.8 cm³/mol. The third kappa shape index (κ3) is 2.26. The van der Waals surface area contributed by atoms with Crippen LogP contribution in [0.1, 0.15) is 37.4 Å². The molecule has 3 nitrogen and oxygen atoms in total. The molecule has 2 aromatic rings. The van der Waals surface area contributed by atoms with Crippen LogP contribution in [0.15, 0.2) is 29.8 Å². The van der Waals surface area contributed by atoms with Gasteiger partial charge in [-0.1, -0.05) is 11.6 Å². The number of nitrogens with zero attached hydrogens (tertiary/aromatic N) is 2. The molecule has 3 heteroatoms. The number of hydrogen-bond acceptors (Lipinski definition) is 3. The van der Waals surface area contributed by atoms with Crippen molar-refractivity contribution in [1.29, 1.82) is 0 Å². The number of methoxy groups -OCH3 is 1. The van der Waals surface area contributed by atoms with Crippen LogP contribution in [0.2, 0.25) is 0 Å². The van der Waals surface area contributed by atoms with E-state index in [1.165, 1.54) is 24.0 Å². The zero-order chi connectivity index (χ0) is 16.1. The Labute approximate surface area is 138 Å². The molecule has 0 saturated carbocycles. The lowest BCUT2D eigenvalue weighted by Crippen LogP contribution is -2.37. The van der Waals surface area contributed by atoms with Gasteiger partial charge in [0.25, 0.3) is 0 Å². The standard InChI is InChI=1S/C20H24N2O/c1-12-9-20(23-4)17-10-14(5-7-18(17)21-12)16-11-15-6-8-19(13(16)2)22(15)3/h5,7,9-10,15,19H,6,8,11H2,1-4H3/t15-,19?/m1/s1. The highest BCUT2D eigenvalue weighted by Gasteiger charge is 2.37. The third-order valence-electron chi connectivity index (χ3n) is 5.72. The summed E-state index contributed by atoms with van der Waals surface area (Å²) in [7, 11) is 4.01. The second-order valence-corrected chi connectivity index (χ2v) is 6.98. The fraction of sp³-hybridized carbons (Fsp3) is 0.450. The van der Waals surface area contributed by atoms with Crippen molar-refractivity contribution in [2.75, 3.05) is 14.2 Å². The minimum atomic E-state index is 0.623. The van der Waals surface area contributed by atoms with E-state index in [1.807, 2.05) is 13.0 Å². The molecule has 2 aliphatic rings. The summed E-state index contributed by atoms with van der Waals surface area (Å²) in [5.41, 5.74) is 6.42. The lowest BCUT2D eigenvalue weighted by atomic mass is 9.89. The quantitative estimate of drug-likeness (QED) is 0.831. The van der Waals surface area contributed by atoms with E-state index in [-0.39, 0.29) is 0 Å². The van der Waals surface area contributed by atoms with Gasteiger partial charge in [-0.3, -0.25) is 9.88 Å². The Morgan fingerprint density at radius 1 is 1.17 bits per heavy atom. The lowest BCUT2D eigenvalue weighted by Gasteiger charge is -2.34. The molecule has 4 rings (SSSR count). The Balaban J connectivity index is 1.85. The monoisotopic (exact) mass is 308 g/mol. The third-order valence-corrected chi connectivity index (χ3v) is 5.72. The molecule has 0 N–H and O–H groups in total. The van der Waals surface area contributed by atoms with E-state index in [4.69, 9.17) is 4.74 Å². The maximum absolute atomic E-state index is 5.58. The van der Waals surface area contributed by atoms with Crippen molar-refractivity contribution in [2.45, 2.75) is 45.2 Å². The number of fused-ring (bicyclic) bond motifs is 3. The van der Waals surface area contributed by atoms with Gasteiger partial charge in [-0.15, -0.1) is 0 Å². The van der Waals surface area contributed by atoms with Gasteiger partial charge in [0, 0.05) is 29.2 Å². The number of ether oxygens (including phenoxy) is 1. The second kappa shape index (κ2) is 5.34. The lowest BCUT2D eigenvalue weighted by molar-refractivity contribution is 0.255. The van der Waals surface area contributed by atoms with E-state index in [2.05, 4.69) is 42.1 Å². The summed E-state index contributed by atoms with van der Waals surface area (Å²) >= 11 is 0. The molecule has 1 aromatic carbocycles. The Hall–Kier alpha value is -1.87. The van der Waals surface area contributed by atoms with Crippen LogP contribution < -0.4 is 4.74 Å². The first-order chi connectivity index (χ1) is 11.1. The topological polar surface area (TPSA) is 25.4 Å². The second-order valence-electron chi connectivity index (χ2n) is 6.98. The van der Waals surface area contributed by atoms with Gasteiger partial charge in [0.05, 0.1) is 12.6 Å². The molecule has 2 aliphatic heterocycles. The molecule has 0 radical (unpaired) electrons. The Morgan fingerprint density at radius 2 is 2.00 bits per heavy atom. The van der Waals surface area contributed by atoms with Gasteiger partial charge in [-0.2, -0.15) is 0 Å². The molecule has 2 bridgehead atoms. The van der Waals surface area contributed by atoms with E-state index in [0.717, 1.165) is 28.8 Å². The summed E-state index contributed by atoms with van der Waals surface area (Å²) in [5, 5.41) is 1.11. The Kier molecular flexibility index (Phi) is 3.42. The van der Waals surface area contributed by atoms with Gasteiger partial charge < -0.3 is 4.74 Å². The average Bonchev–Trinajstić information content (AvgIpc) is 2.81. The molecular weight excluding hydrogens is 284 g/mol. The van der Waals surface area contributed by atoms with E-state index in [9.17, 15) is 0 Å². The largest absolute Gasteiger partial charge is 0.496 e. The molecular formula is C20H24N2O. The van der Waals surface area contributed by atoms with Gasteiger partial charge in [0.2, 0.25) is 0 Å². The number of pyridine rings is 1. The fourth-order valence-electron chi connectivity index (χ4n) is 4.40. The number of aromatic nitrogens is 1. The molecule has 1 saturated heterocycles. The molecule has 1 unspecified atom stereocenters. The van der Waals surface area contributed by atoms with Crippen molar-refractivity contribution in [3.8, 4) is 5.75 Å². The highest BCUT2D eigenvalue weighted by atomic mass is 16.5. The maximum atomic E-state index is 5.58. The van der Waals surface area contributed by atoms with Crippen LogP contribution in [-0.4, -0.2) is 36.1 Å². The van der Waals surface area contributed by atoms with E-state index in [0.29, 0.717) is 12.1 Å². The SMILES string of the molecule is COc1cc(C)nc2ccc(C3=C(C)C4CC[C@H](C3)N4C)cc12. The van der Waals surface area contributed by atoms with Gasteiger partial charge in [-0.05, 0) is 63.4 Å². The summed E-state index contributed by atoms with van der Waals surface area (Å²) < 4.78 is 5.58. The highest BCUT2D eigenvalue weighted by Crippen LogP contribution is 2.42. The number of hydrogen-bond donors (Lipinski definition) is 0. The average molecular weight is 308 g/mol. The van der Waals surface area contributed by atoms with Crippen molar-refractivity contribution in [2.24, 2.45) is 0 Å². The van der Waals surface area contributed by atoms with E-state index in [1.54, 1.807) is 12.7 Å². The maximum Gasteiger partial charge on any atom is 0.130 e. The van der Waals surface area contributed by atoms with Crippen molar-refractivity contribution in [1.82, 2.24) is 9.88 Å². The summed E-state index contributed by atoms with van der Waals surface area (Å²) in [6.07, 6.45) is 3.78. The first-order valence-electron chi connectivity index (χ1n) is 8.46. The van der Waals surface area contributed by atoms with Crippen LogP contribution in [-0.2, 0) is 0 Å². The van der Waals surface area contributed by atoms with Crippen molar-refractivity contribution >= 4 is 16.5 Å². The number of rotatable bonds is 2. The number of aryl methyl sites for hydroxylation is 1. The minimum absolute atomic E-state index is 0.623. The number of benzene rings is 1. The van der Waals surface area contributed by atoms with Crippen LogP contribution in [0.4, 0.5) is 0 Å². The molecule has 0 aliphatic carbocycles.